The molecule has 0 spiro atoms. The first-order chi connectivity index (χ1) is 10.3. The molecule has 2 rings (SSSR count). The molecule has 0 fully saturated rings. The van der Waals surface area contributed by atoms with Crippen LogP contribution < -0.4 is 5.32 Å². The Balaban J connectivity index is 2.26. The van der Waals surface area contributed by atoms with Crippen LogP contribution in [-0.2, 0) is 4.74 Å². The molecule has 2 aromatic rings. The van der Waals surface area contributed by atoms with Crippen LogP contribution in [0.15, 0.2) is 54.6 Å². The fourth-order valence-corrected chi connectivity index (χ4v) is 2.21. The number of alkyl carbamates (subject to hydrolysis) is 1. The number of benzene rings is 2. The molecule has 0 bridgehead atoms. The van der Waals surface area contributed by atoms with Gasteiger partial charge >= 0.3 is 6.09 Å². The normalized spacial score (nSPS) is 12.5. The molecule has 22 heavy (non-hydrogen) atoms. The van der Waals surface area contributed by atoms with E-state index in [0.29, 0.717) is 5.02 Å². The summed E-state index contributed by atoms with van der Waals surface area (Å²) in [4.78, 5) is 12.1. The van der Waals surface area contributed by atoms with Gasteiger partial charge < -0.3 is 10.1 Å². The Morgan fingerprint density at radius 3 is 2.09 bits per heavy atom. The summed E-state index contributed by atoms with van der Waals surface area (Å²) in [6.07, 6.45) is -0.448. The number of hydrogen-bond donors (Lipinski definition) is 1. The van der Waals surface area contributed by atoms with E-state index in [1.54, 1.807) is 0 Å². The van der Waals surface area contributed by atoms with Crippen molar-refractivity contribution in [3.05, 3.63) is 70.7 Å². The Kier molecular flexibility index (Phi) is 5.09. The van der Waals surface area contributed by atoms with Gasteiger partial charge in [0.1, 0.15) is 5.60 Å². The Labute approximate surface area is 136 Å². The molecule has 0 unspecified atom stereocenters. The van der Waals surface area contributed by atoms with Gasteiger partial charge in [0.25, 0.3) is 0 Å². The standard InChI is InChI=1S/C18H20ClNO2/c1-18(2,3)22-17(21)20-16(13-7-5-4-6-8-13)14-9-11-15(19)12-10-14/h4-12,16H,1-3H3,(H,20,21)/t16-/m1/s1. The van der Waals surface area contributed by atoms with Gasteiger partial charge in [-0.2, -0.15) is 0 Å². The SMILES string of the molecule is CC(C)(C)OC(=O)N[C@H](c1ccccc1)c1ccc(Cl)cc1. The summed E-state index contributed by atoms with van der Waals surface area (Å²) in [6.45, 7) is 5.52. The van der Waals surface area contributed by atoms with Crippen LogP contribution in [0.25, 0.3) is 0 Å². The number of halogens is 1. The van der Waals surface area contributed by atoms with Gasteiger partial charge in [-0.05, 0) is 44.0 Å². The Morgan fingerprint density at radius 1 is 1.00 bits per heavy atom. The molecule has 0 saturated carbocycles. The molecule has 116 valence electrons. The molecule has 0 aromatic heterocycles. The molecule has 0 saturated heterocycles. The smallest absolute Gasteiger partial charge is 0.408 e. The fraction of sp³-hybridized carbons (Fsp3) is 0.278. The van der Waals surface area contributed by atoms with Crippen molar-refractivity contribution in [2.24, 2.45) is 0 Å². The van der Waals surface area contributed by atoms with E-state index in [1.165, 1.54) is 0 Å². The second-order valence-electron chi connectivity index (χ2n) is 6.04. The van der Waals surface area contributed by atoms with Crippen LogP contribution in [0.3, 0.4) is 0 Å². The number of amides is 1. The first kappa shape index (κ1) is 16.4. The van der Waals surface area contributed by atoms with Gasteiger partial charge in [-0.1, -0.05) is 54.1 Å². The van der Waals surface area contributed by atoms with E-state index in [9.17, 15) is 4.79 Å². The van der Waals surface area contributed by atoms with Crippen LogP contribution in [0, 0.1) is 0 Å². The quantitative estimate of drug-likeness (QED) is 0.869. The molecular weight excluding hydrogens is 298 g/mol. The lowest BCUT2D eigenvalue weighted by molar-refractivity contribution is 0.0512. The van der Waals surface area contributed by atoms with Gasteiger partial charge in [-0.15, -0.1) is 0 Å². The molecule has 3 nitrogen and oxygen atoms in total. The van der Waals surface area contributed by atoms with Crippen molar-refractivity contribution in [3.63, 3.8) is 0 Å². The predicted molar refractivity (Wildman–Crippen MR) is 89.1 cm³/mol. The molecule has 0 radical (unpaired) electrons. The van der Waals surface area contributed by atoms with Crippen molar-refractivity contribution in [2.75, 3.05) is 0 Å². The molecule has 0 aliphatic carbocycles. The minimum atomic E-state index is -0.536. The van der Waals surface area contributed by atoms with E-state index in [1.807, 2.05) is 75.4 Å². The van der Waals surface area contributed by atoms with Gasteiger partial charge in [0.2, 0.25) is 0 Å². The van der Waals surface area contributed by atoms with Crippen LogP contribution in [-0.4, -0.2) is 11.7 Å². The highest BCUT2D eigenvalue weighted by atomic mass is 35.5. The third-order valence-electron chi connectivity index (χ3n) is 3.00. The summed E-state index contributed by atoms with van der Waals surface area (Å²) in [5.41, 5.74) is 1.39. The Hall–Kier alpha value is -2.00. The van der Waals surface area contributed by atoms with Crippen molar-refractivity contribution in [2.45, 2.75) is 32.4 Å². The maximum atomic E-state index is 12.1. The Morgan fingerprint density at radius 2 is 1.55 bits per heavy atom. The number of nitrogens with one attached hydrogen (secondary N) is 1. The summed E-state index contributed by atoms with van der Waals surface area (Å²) in [5, 5.41) is 3.58. The first-order valence-corrected chi connectivity index (χ1v) is 7.53. The van der Waals surface area contributed by atoms with Gasteiger partial charge in [-0.25, -0.2) is 4.79 Å². The van der Waals surface area contributed by atoms with Crippen LogP contribution in [0.2, 0.25) is 5.02 Å². The maximum absolute atomic E-state index is 12.1. The number of carbonyl (C=O) groups is 1. The number of hydrogen-bond acceptors (Lipinski definition) is 2. The highest BCUT2D eigenvalue weighted by Gasteiger charge is 2.21. The predicted octanol–water partition coefficient (Wildman–Crippen LogP) is 4.95. The number of carbonyl (C=O) groups excluding carboxylic acids is 1. The summed E-state index contributed by atoms with van der Waals surface area (Å²) in [6, 6.07) is 16.9. The highest BCUT2D eigenvalue weighted by Crippen LogP contribution is 2.24. The van der Waals surface area contributed by atoms with Gasteiger partial charge in [0.05, 0.1) is 6.04 Å². The summed E-state index contributed by atoms with van der Waals surface area (Å²) >= 11 is 5.94. The van der Waals surface area contributed by atoms with Crippen molar-refractivity contribution in [1.82, 2.24) is 5.32 Å². The zero-order chi connectivity index (χ0) is 16.2. The molecule has 4 heteroatoms. The second-order valence-corrected chi connectivity index (χ2v) is 6.48. The fourth-order valence-electron chi connectivity index (χ4n) is 2.09. The molecule has 1 N–H and O–H groups in total. The van der Waals surface area contributed by atoms with Crippen LogP contribution in [0.4, 0.5) is 4.79 Å². The molecule has 1 atom stereocenters. The van der Waals surface area contributed by atoms with Crippen molar-refractivity contribution in [3.8, 4) is 0 Å². The highest BCUT2D eigenvalue weighted by molar-refractivity contribution is 6.30. The average molecular weight is 318 g/mol. The minimum absolute atomic E-state index is 0.284. The van der Waals surface area contributed by atoms with E-state index in [-0.39, 0.29) is 6.04 Å². The summed E-state index contributed by atoms with van der Waals surface area (Å²) < 4.78 is 5.36. The lowest BCUT2D eigenvalue weighted by Gasteiger charge is -2.24. The first-order valence-electron chi connectivity index (χ1n) is 7.15. The topological polar surface area (TPSA) is 38.3 Å². The third-order valence-corrected chi connectivity index (χ3v) is 3.25. The minimum Gasteiger partial charge on any atom is -0.444 e. The molecule has 1 amide bonds. The maximum Gasteiger partial charge on any atom is 0.408 e. The van der Waals surface area contributed by atoms with Crippen molar-refractivity contribution in [1.29, 1.82) is 0 Å². The van der Waals surface area contributed by atoms with Gasteiger partial charge in [-0.3, -0.25) is 0 Å². The van der Waals surface area contributed by atoms with Crippen LogP contribution in [0.5, 0.6) is 0 Å². The zero-order valence-electron chi connectivity index (χ0n) is 13.0. The number of ether oxygens (including phenoxy) is 1. The Bertz CT molecular complexity index is 618. The molecule has 0 aliphatic heterocycles. The lowest BCUT2D eigenvalue weighted by Crippen LogP contribution is -2.35. The summed E-state index contributed by atoms with van der Waals surface area (Å²) in [7, 11) is 0. The van der Waals surface area contributed by atoms with Crippen molar-refractivity contribution >= 4 is 17.7 Å². The van der Waals surface area contributed by atoms with E-state index < -0.39 is 11.7 Å². The van der Waals surface area contributed by atoms with E-state index in [2.05, 4.69) is 5.32 Å². The van der Waals surface area contributed by atoms with E-state index in [0.717, 1.165) is 11.1 Å². The van der Waals surface area contributed by atoms with Crippen LogP contribution in [0.1, 0.15) is 37.9 Å². The van der Waals surface area contributed by atoms with E-state index >= 15 is 0 Å². The molecule has 0 aliphatic rings. The third kappa shape index (κ3) is 4.78. The largest absolute Gasteiger partial charge is 0.444 e. The van der Waals surface area contributed by atoms with Crippen molar-refractivity contribution < 1.29 is 9.53 Å². The van der Waals surface area contributed by atoms with E-state index in [4.69, 9.17) is 16.3 Å². The monoisotopic (exact) mass is 317 g/mol. The number of rotatable bonds is 3. The van der Waals surface area contributed by atoms with Gasteiger partial charge in [0, 0.05) is 5.02 Å². The van der Waals surface area contributed by atoms with Gasteiger partial charge in [0.15, 0.2) is 0 Å². The lowest BCUT2D eigenvalue weighted by atomic mass is 9.99. The summed E-state index contributed by atoms with van der Waals surface area (Å²) in [5.74, 6) is 0. The molecular formula is C18H20ClNO2. The second kappa shape index (κ2) is 6.84. The zero-order valence-corrected chi connectivity index (χ0v) is 13.7. The molecule has 0 heterocycles. The average Bonchev–Trinajstić information content (AvgIpc) is 2.45. The van der Waals surface area contributed by atoms with Crippen LogP contribution >= 0.6 is 11.6 Å². The molecule has 2 aromatic carbocycles.